The van der Waals surface area contributed by atoms with Crippen LogP contribution in [-0.4, -0.2) is 24.2 Å². The van der Waals surface area contributed by atoms with Gasteiger partial charge in [-0.25, -0.2) is 4.98 Å². The minimum Gasteiger partial charge on any atom is -0.378 e. The van der Waals surface area contributed by atoms with Crippen LogP contribution in [0.2, 0.25) is 0 Å². The van der Waals surface area contributed by atoms with E-state index in [-0.39, 0.29) is 5.56 Å². The average molecular weight is 392 g/mol. The van der Waals surface area contributed by atoms with Crippen molar-refractivity contribution in [2.45, 2.75) is 50.7 Å². The number of ether oxygens (including phenoxy) is 2. The van der Waals surface area contributed by atoms with E-state index in [1.165, 1.54) is 12.8 Å². The normalized spacial score (nSPS) is 18.8. The summed E-state index contributed by atoms with van der Waals surface area (Å²) in [5.74, 6) is 0.652. The van der Waals surface area contributed by atoms with Crippen LogP contribution in [0.3, 0.4) is 0 Å². The van der Waals surface area contributed by atoms with Crippen molar-refractivity contribution in [2.75, 3.05) is 14.2 Å². The van der Waals surface area contributed by atoms with E-state index >= 15 is 0 Å². The number of aromatic nitrogens is 2. The van der Waals surface area contributed by atoms with Crippen molar-refractivity contribution in [3.8, 4) is 0 Å². The molecule has 1 heterocycles. The number of nitrogens with one attached hydrogen (secondary N) is 1. The first kappa shape index (κ1) is 15.9. The minimum absolute atomic E-state index is 0.108. The second-order valence-electron chi connectivity index (χ2n) is 5.22. The molecule has 1 aromatic heterocycles. The summed E-state index contributed by atoms with van der Waals surface area (Å²) in [6, 6.07) is 0. The Labute approximate surface area is 132 Å². The van der Waals surface area contributed by atoms with Gasteiger partial charge in [0.2, 0.25) is 0 Å². The molecule has 1 aliphatic carbocycles. The van der Waals surface area contributed by atoms with E-state index in [1.807, 2.05) is 22.6 Å². The third kappa shape index (κ3) is 3.23. The van der Waals surface area contributed by atoms with Gasteiger partial charge in [0.1, 0.15) is 15.0 Å². The third-order valence-corrected chi connectivity index (χ3v) is 5.06. The van der Waals surface area contributed by atoms with Crippen LogP contribution in [-0.2, 0) is 21.7 Å². The standard InChI is InChI=1S/C14H21IN2O3/c1-19-9-10-11(15)12(18)17-13(16-10)14(20-2)7-5-3-4-6-8-14/h3-9H2,1-2H3,(H,16,17,18). The molecule has 1 aliphatic rings. The Morgan fingerprint density at radius 1 is 1.25 bits per heavy atom. The Bertz CT molecular complexity index is 508. The molecule has 1 saturated carbocycles. The van der Waals surface area contributed by atoms with Crippen molar-refractivity contribution < 1.29 is 9.47 Å². The van der Waals surface area contributed by atoms with E-state index < -0.39 is 5.60 Å². The number of aromatic amines is 1. The largest absolute Gasteiger partial charge is 0.378 e. The fourth-order valence-electron chi connectivity index (χ4n) is 2.79. The summed E-state index contributed by atoms with van der Waals surface area (Å²) in [6.07, 6.45) is 6.43. The van der Waals surface area contributed by atoms with E-state index in [4.69, 9.17) is 9.47 Å². The molecule has 1 aromatic rings. The van der Waals surface area contributed by atoms with Gasteiger partial charge in [-0.1, -0.05) is 25.7 Å². The van der Waals surface area contributed by atoms with Crippen molar-refractivity contribution in [1.82, 2.24) is 9.97 Å². The summed E-state index contributed by atoms with van der Waals surface area (Å²) in [6.45, 7) is 0.342. The van der Waals surface area contributed by atoms with Crippen LogP contribution < -0.4 is 5.56 Å². The van der Waals surface area contributed by atoms with Gasteiger partial charge in [-0.3, -0.25) is 4.79 Å². The Morgan fingerprint density at radius 3 is 2.45 bits per heavy atom. The van der Waals surface area contributed by atoms with Gasteiger partial charge in [0.25, 0.3) is 5.56 Å². The molecule has 0 unspecified atom stereocenters. The number of H-pyrrole nitrogens is 1. The fraction of sp³-hybridized carbons (Fsp3) is 0.714. The maximum Gasteiger partial charge on any atom is 0.264 e. The Balaban J connectivity index is 2.45. The lowest BCUT2D eigenvalue weighted by Crippen LogP contribution is -2.34. The molecule has 0 bridgehead atoms. The summed E-state index contributed by atoms with van der Waals surface area (Å²) in [7, 11) is 3.32. The minimum atomic E-state index is -0.456. The molecule has 0 saturated heterocycles. The van der Waals surface area contributed by atoms with E-state index in [9.17, 15) is 4.79 Å². The number of halogens is 1. The zero-order valence-corrected chi connectivity index (χ0v) is 14.2. The van der Waals surface area contributed by atoms with Crippen molar-refractivity contribution in [1.29, 1.82) is 0 Å². The lowest BCUT2D eigenvalue weighted by atomic mass is 9.93. The Hall–Kier alpha value is -0.470. The smallest absolute Gasteiger partial charge is 0.264 e. The van der Waals surface area contributed by atoms with Crippen LogP contribution in [0.25, 0.3) is 0 Å². The summed E-state index contributed by atoms with van der Waals surface area (Å²) in [5.41, 5.74) is 0.124. The van der Waals surface area contributed by atoms with Gasteiger partial charge in [0.15, 0.2) is 0 Å². The highest BCUT2D eigenvalue weighted by Crippen LogP contribution is 2.37. The molecule has 6 heteroatoms. The number of nitrogens with zero attached hydrogens (tertiary/aromatic N) is 1. The second-order valence-corrected chi connectivity index (χ2v) is 6.30. The molecule has 20 heavy (non-hydrogen) atoms. The average Bonchev–Trinajstić information content (AvgIpc) is 2.70. The van der Waals surface area contributed by atoms with E-state index in [0.717, 1.165) is 25.7 Å². The van der Waals surface area contributed by atoms with Crippen LogP contribution in [0.5, 0.6) is 0 Å². The van der Waals surface area contributed by atoms with Gasteiger partial charge in [0, 0.05) is 14.2 Å². The maximum atomic E-state index is 12.1. The maximum absolute atomic E-state index is 12.1. The highest BCUT2D eigenvalue weighted by Gasteiger charge is 2.36. The SMILES string of the molecule is COCc1nc(C2(OC)CCCCCC2)[nH]c(=O)c1I. The van der Waals surface area contributed by atoms with E-state index in [1.54, 1.807) is 14.2 Å². The van der Waals surface area contributed by atoms with Crippen LogP contribution in [0.1, 0.15) is 50.0 Å². The first-order valence-corrected chi connectivity index (χ1v) is 8.04. The monoisotopic (exact) mass is 392 g/mol. The lowest BCUT2D eigenvalue weighted by Gasteiger charge is -2.30. The van der Waals surface area contributed by atoms with Crippen LogP contribution >= 0.6 is 22.6 Å². The zero-order chi connectivity index (χ0) is 14.6. The summed E-state index contributed by atoms with van der Waals surface area (Å²) in [4.78, 5) is 19.6. The highest BCUT2D eigenvalue weighted by molar-refractivity contribution is 14.1. The molecule has 2 rings (SSSR count). The Kier molecular flexibility index (Phi) is 5.57. The first-order chi connectivity index (χ1) is 9.63. The molecular weight excluding hydrogens is 371 g/mol. The molecule has 0 radical (unpaired) electrons. The molecule has 1 fully saturated rings. The number of hydrogen-bond donors (Lipinski definition) is 1. The molecule has 0 atom stereocenters. The zero-order valence-electron chi connectivity index (χ0n) is 12.0. The van der Waals surface area contributed by atoms with E-state index in [0.29, 0.717) is 21.7 Å². The van der Waals surface area contributed by atoms with Crippen LogP contribution in [0, 0.1) is 3.57 Å². The number of methoxy groups -OCH3 is 2. The molecule has 112 valence electrons. The topological polar surface area (TPSA) is 64.2 Å². The van der Waals surface area contributed by atoms with Gasteiger partial charge in [0.05, 0.1) is 12.3 Å². The van der Waals surface area contributed by atoms with Crippen molar-refractivity contribution >= 4 is 22.6 Å². The summed E-state index contributed by atoms with van der Waals surface area (Å²) >= 11 is 2.01. The summed E-state index contributed by atoms with van der Waals surface area (Å²) < 4.78 is 11.5. The molecule has 0 spiro atoms. The van der Waals surface area contributed by atoms with Gasteiger partial charge in [-0.2, -0.15) is 0 Å². The fourth-order valence-corrected chi connectivity index (χ4v) is 3.20. The number of hydrogen-bond acceptors (Lipinski definition) is 4. The van der Waals surface area contributed by atoms with Crippen LogP contribution in [0.4, 0.5) is 0 Å². The molecule has 1 N–H and O–H groups in total. The quantitative estimate of drug-likeness (QED) is 0.632. The van der Waals surface area contributed by atoms with Crippen LogP contribution in [0.15, 0.2) is 4.79 Å². The summed E-state index contributed by atoms with van der Waals surface area (Å²) in [5, 5.41) is 0. The van der Waals surface area contributed by atoms with Gasteiger partial charge in [-0.15, -0.1) is 0 Å². The predicted octanol–water partition coefficient (Wildman–Crippen LogP) is 2.72. The van der Waals surface area contributed by atoms with E-state index in [2.05, 4.69) is 9.97 Å². The predicted molar refractivity (Wildman–Crippen MR) is 84.7 cm³/mol. The second kappa shape index (κ2) is 7.00. The molecular formula is C14H21IN2O3. The third-order valence-electron chi connectivity index (χ3n) is 3.95. The van der Waals surface area contributed by atoms with Crippen molar-refractivity contribution in [2.24, 2.45) is 0 Å². The van der Waals surface area contributed by atoms with Gasteiger partial charge >= 0.3 is 0 Å². The molecule has 0 aromatic carbocycles. The first-order valence-electron chi connectivity index (χ1n) is 6.96. The van der Waals surface area contributed by atoms with Crippen molar-refractivity contribution in [3.05, 3.63) is 25.4 Å². The van der Waals surface area contributed by atoms with Gasteiger partial charge < -0.3 is 14.5 Å². The van der Waals surface area contributed by atoms with Gasteiger partial charge in [-0.05, 0) is 35.4 Å². The van der Waals surface area contributed by atoms with Crippen molar-refractivity contribution in [3.63, 3.8) is 0 Å². The molecule has 5 nitrogen and oxygen atoms in total. The molecule has 0 amide bonds. The molecule has 0 aliphatic heterocycles. The highest BCUT2D eigenvalue weighted by atomic mass is 127. The Morgan fingerprint density at radius 2 is 1.90 bits per heavy atom. The number of rotatable bonds is 4. The lowest BCUT2D eigenvalue weighted by molar-refractivity contribution is -0.0357.